The van der Waals surface area contributed by atoms with Gasteiger partial charge in [0.05, 0.1) is 11.8 Å². The molecular weight excluding hydrogens is 256 g/mol. The standard InChI is InChI=1S/C15H26N2O3/c1-10-7-12(13(8-10)15(19)20)14(18)16-9-11-5-3-4-6-17(11)2/h10-13H,3-9H2,1-2H3,(H,16,18)(H,19,20). The van der Waals surface area contributed by atoms with Crippen molar-refractivity contribution >= 4 is 11.9 Å². The number of piperidine rings is 1. The molecular formula is C15H26N2O3. The van der Waals surface area contributed by atoms with Gasteiger partial charge in [0, 0.05) is 12.6 Å². The van der Waals surface area contributed by atoms with Crippen LogP contribution in [-0.2, 0) is 9.59 Å². The van der Waals surface area contributed by atoms with Gasteiger partial charge in [0.2, 0.25) is 5.91 Å². The van der Waals surface area contributed by atoms with Gasteiger partial charge in [0.15, 0.2) is 0 Å². The first-order valence-corrected chi connectivity index (χ1v) is 7.69. The molecule has 0 spiro atoms. The Hall–Kier alpha value is -1.10. The van der Waals surface area contributed by atoms with E-state index in [1.54, 1.807) is 0 Å². The molecule has 1 saturated carbocycles. The van der Waals surface area contributed by atoms with Crippen molar-refractivity contribution in [2.45, 2.75) is 45.1 Å². The minimum Gasteiger partial charge on any atom is -0.481 e. The van der Waals surface area contributed by atoms with Gasteiger partial charge in [-0.25, -0.2) is 0 Å². The number of likely N-dealkylation sites (tertiary alicyclic amines) is 1. The van der Waals surface area contributed by atoms with E-state index in [4.69, 9.17) is 0 Å². The molecule has 4 unspecified atom stereocenters. The van der Waals surface area contributed by atoms with Crippen LogP contribution in [0.15, 0.2) is 0 Å². The molecule has 5 heteroatoms. The monoisotopic (exact) mass is 282 g/mol. The lowest BCUT2D eigenvalue weighted by molar-refractivity contribution is -0.146. The van der Waals surface area contributed by atoms with Gasteiger partial charge in [-0.05, 0) is 45.2 Å². The fraction of sp³-hybridized carbons (Fsp3) is 0.867. The number of rotatable bonds is 4. The van der Waals surface area contributed by atoms with Gasteiger partial charge >= 0.3 is 5.97 Å². The van der Waals surface area contributed by atoms with Crippen LogP contribution in [-0.4, -0.2) is 48.1 Å². The molecule has 20 heavy (non-hydrogen) atoms. The molecule has 0 bridgehead atoms. The zero-order valence-corrected chi connectivity index (χ0v) is 12.5. The van der Waals surface area contributed by atoms with E-state index in [0.29, 0.717) is 31.3 Å². The van der Waals surface area contributed by atoms with E-state index >= 15 is 0 Å². The Morgan fingerprint density at radius 2 is 1.95 bits per heavy atom. The minimum atomic E-state index is -0.829. The van der Waals surface area contributed by atoms with E-state index < -0.39 is 11.9 Å². The maximum absolute atomic E-state index is 12.3. The number of hydrogen-bond acceptors (Lipinski definition) is 3. The second kappa shape index (κ2) is 6.57. The van der Waals surface area contributed by atoms with E-state index in [1.807, 2.05) is 6.92 Å². The largest absolute Gasteiger partial charge is 0.481 e. The van der Waals surface area contributed by atoms with Crippen LogP contribution in [0.1, 0.15) is 39.0 Å². The van der Waals surface area contributed by atoms with Gasteiger partial charge in [-0.3, -0.25) is 9.59 Å². The Kier molecular flexibility index (Phi) is 5.02. The molecule has 0 radical (unpaired) electrons. The van der Waals surface area contributed by atoms with Crippen molar-refractivity contribution < 1.29 is 14.7 Å². The van der Waals surface area contributed by atoms with Crippen LogP contribution < -0.4 is 5.32 Å². The molecule has 0 aromatic heterocycles. The number of likely N-dealkylation sites (N-methyl/N-ethyl adjacent to an activating group) is 1. The van der Waals surface area contributed by atoms with Gasteiger partial charge in [0.25, 0.3) is 0 Å². The summed E-state index contributed by atoms with van der Waals surface area (Å²) >= 11 is 0. The zero-order valence-electron chi connectivity index (χ0n) is 12.5. The second-order valence-corrected chi connectivity index (χ2v) is 6.50. The van der Waals surface area contributed by atoms with Crippen molar-refractivity contribution in [3.63, 3.8) is 0 Å². The fourth-order valence-corrected chi connectivity index (χ4v) is 3.61. The molecule has 1 heterocycles. The number of carbonyl (C=O) groups excluding carboxylic acids is 1. The Morgan fingerprint density at radius 3 is 2.60 bits per heavy atom. The highest BCUT2D eigenvalue weighted by Crippen LogP contribution is 2.36. The van der Waals surface area contributed by atoms with Crippen LogP contribution >= 0.6 is 0 Å². The number of amides is 1. The zero-order chi connectivity index (χ0) is 14.7. The summed E-state index contributed by atoms with van der Waals surface area (Å²) in [4.78, 5) is 25.8. The normalized spacial score (nSPS) is 34.9. The van der Waals surface area contributed by atoms with Crippen molar-refractivity contribution in [3.05, 3.63) is 0 Å². The summed E-state index contributed by atoms with van der Waals surface area (Å²) in [5.74, 6) is -1.43. The lowest BCUT2D eigenvalue weighted by Gasteiger charge is -2.32. The summed E-state index contributed by atoms with van der Waals surface area (Å²) in [5.41, 5.74) is 0. The van der Waals surface area contributed by atoms with Crippen LogP contribution in [0.5, 0.6) is 0 Å². The molecule has 114 valence electrons. The van der Waals surface area contributed by atoms with E-state index in [0.717, 1.165) is 13.0 Å². The third-order valence-corrected chi connectivity index (χ3v) is 4.89. The maximum atomic E-state index is 12.3. The average molecular weight is 282 g/mol. The Labute approximate surface area is 120 Å². The van der Waals surface area contributed by atoms with Crippen molar-refractivity contribution in [2.75, 3.05) is 20.1 Å². The van der Waals surface area contributed by atoms with Crippen molar-refractivity contribution in [3.8, 4) is 0 Å². The number of aliphatic carboxylic acids is 1. The number of carboxylic acids is 1. The molecule has 1 amide bonds. The predicted molar refractivity (Wildman–Crippen MR) is 76.3 cm³/mol. The topological polar surface area (TPSA) is 69.6 Å². The summed E-state index contributed by atoms with van der Waals surface area (Å²) in [5, 5.41) is 12.2. The quantitative estimate of drug-likeness (QED) is 0.816. The smallest absolute Gasteiger partial charge is 0.307 e. The summed E-state index contributed by atoms with van der Waals surface area (Å²) in [7, 11) is 2.09. The van der Waals surface area contributed by atoms with Crippen LogP contribution in [0.3, 0.4) is 0 Å². The van der Waals surface area contributed by atoms with E-state index in [9.17, 15) is 14.7 Å². The van der Waals surface area contributed by atoms with Crippen molar-refractivity contribution in [1.82, 2.24) is 10.2 Å². The van der Waals surface area contributed by atoms with Crippen LogP contribution in [0, 0.1) is 17.8 Å². The van der Waals surface area contributed by atoms with Gasteiger partial charge in [-0.1, -0.05) is 13.3 Å². The molecule has 0 aromatic carbocycles. The third-order valence-electron chi connectivity index (χ3n) is 4.89. The minimum absolute atomic E-state index is 0.0688. The van der Waals surface area contributed by atoms with Crippen LogP contribution in [0.25, 0.3) is 0 Å². The SMILES string of the molecule is CC1CC(C(=O)O)C(C(=O)NCC2CCCCN2C)C1. The molecule has 1 aliphatic heterocycles. The van der Waals surface area contributed by atoms with Crippen LogP contribution in [0.4, 0.5) is 0 Å². The van der Waals surface area contributed by atoms with E-state index in [2.05, 4.69) is 17.3 Å². The highest BCUT2D eigenvalue weighted by Gasteiger charge is 2.41. The summed E-state index contributed by atoms with van der Waals surface area (Å²) in [6, 6.07) is 0.398. The van der Waals surface area contributed by atoms with Gasteiger partial charge in [-0.2, -0.15) is 0 Å². The number of carboxylic acid groups (broad SMARTS) is 1. The molecule has 2 fully saturated rings. The number of nitrogens with one attached hydrogen (secondary N) is 1. The highest BCUT2D eigenvalue weighted by atomic mass is 16.4. The second-order valence-electron chi connectivity index (χ2n) is 6.50. The summed E-state index contributed by atoms with van der Waals surface area (Å²) < 4.78 is 0. The Morgan fingerprint density at radius 1 is 1.25 bits per heavy atom. The molecule has 2 aliphatic rings. The van der Waals surface area contributed by atoms with Gasteiger partial charge < -0.3 is 15.3 Å². The lowest BCUT2D eigenvalue weighted by atomic mass is 9.95. The molecule has 2 rings (SSSR count). The van der Waals surface area contributed by atoms with Gasteiger partial charge in [0.1, 0.15) is 0 Å². The lowest BCUT2D eigenvalue weighted by Crippen LogP contribution is -2.46. The van der Waals surface area contributed by atoms with E-state index in [1.165, 1.54) is 12.8 Å². The molecule has 5 nitrogen and oxygen atoms in total. The van der Waals surface area contributed by atoms with Crippen molar-refractivity contribution in [1.29, 1.82) is 0 Å². The third kappa shape index (κ3) is 3.51. The number of carbonyl (C=O) groups is 2. The van der Waals surface area contributed by atoms with E-state index in [-0.39, 0.29) is 11.8 Å². The average Bonchev–Trinajstić information content (AvgIpc) is 2.80. The first-order chi connectivity index (χ1) is 9.49. The summed E-state index contributed by atoms with van der Waals surface area (Å²) in [6.45, 7) is 3.75. The first-order valence-electron chi connectivity index (χ1n) is 7.69. The van der Waals surface area contributed by atoms with Crippen molar-refractivity contribution in [2.24, 2.45) is 17.8 Å². The number of nitrogens with zero attached hydrogens (tertiary/aromatic N) is 1. The van der Waals surface area contributed by atoms with Gasteiger partial charge in [-0.15, -0.1) is 0 Å². The number of hydrogen-bond donors (Lipinski definition) is 2. The Balaban J connectivity index is 1.86. The van der Waals surface area contributed by atoms with Crippen LogP contribution in [0.2, 0.25) is 0 Å². The maximum Gasteiger partial charge on any atom is 0.307 e. The molecule has 4 atom stereocenters. The molecule has 2 N–H and O–H groups in total. The molecule has 1 aliphatic carbocycles. The molecule has 0 aromatic rings. The fourth-order valence-electron chi connectivity index (χ4n) is 3.61. The highest BCUT2D eigenvalue weighted by molar-refractivity contribution is 5.85. The summed E-state index contributed by atoms with van der Waals surface area (Å²) in [6.07, 6.45) is 4.87. The predicted octanol–water partition coefficient (Wildman–Crippen LogP) is 1.33. The Bertz CT molecular complexity index is 372. The first kappa shape index (κ1) is 15.3. The molecule has 1 saturated heterocycles.